The summed E-state index contributed by atoms with van der Waals surface area (Å²) in [4.78, 5) is 9.02. The van der Waals surface area contributed by atoms with Gasteiger partial charge in [-0.1, -0.05) is 36.4 Å². The van der Waals surface area contributed by atoms with Gasteiger partial charge in [-0.3, -0.25) is 4.98 Å². The van der Waals surface area contributed by atoms with Gasteiger partial charge in [-0.15, -0.1) is 0 Å². The van der Waals surface area contributed by atoms with E-state index in [0.717, 1.165) is 27.7 Å². The first-order chi connectivity index (χ1) is 11.3. The largest absolute Gasteiger partial charge is 0.264 e. The second kappa shape index (κ2) is 5.65. The predicted octanol–water partition coefficient (Wildman–Crippen LogP) is 5.27. The fraction of sp³-hybridized carbons (Fsp3) is 0.0476. The normalized spacial score (nSPS) is 10.8. The van der Waals surface area contributed by atoms with Crippen molar-refractivity contribution >= 4 is 10.9 Å². The molecule has 110 valence electrons. The van der Waals surface area contributed by atoms with Crippen molar-refractivity contribution in [2.24, 2.45) is 0 Å². The van der Waals surface area contributed by atoms with E-state index in [2.05, 4.69) is 60.4 Å². The van der Waals surface area contributed by atoms with Crippen molar-refractivity contribution in [2.45, 2.75) is 6.92 Å². The summed E-state index contributed by atoms with van der Waals surface area (Å²) in [5.41, 5.74) is 6.67. The number of nitrogens with zero attached hydrogens (tertiary/aromatic N) is 2. The second-order valence-corrected chi connectivity index (χ2v) is 5.72. The molecule has 2 heterocycles. The molecule has 0 atom stereocenters. The molecule has 0 N–H and O–H groups in total. The lowest BCUT2D eigenvalue weighted by Gasteiger charge is -2.08. The first kappa shape index (κ1) is 13.6. The zero-order valence-corrected chi connectivity index (χ0v) is 12.9. The van der Waals surface area contributed by atoms with Crippen LogP contribution in [0.1, 0.15) is 5.56 Å². The molecule has 4 rings (SSSR count). The third-order valence-electron chi connectivity index (χ3n) is 3.97. The molecule has 0 unspecified atom stereocenters. The Balaban J connectivity index is 1.86. The Kier molecular flexibility index (Phi) is 3.35. The summed E-state index contributed by atoms with van der Waals surface area (Å²) >= 11 is 0. The van der Waals surface area contributed by atoms with Crippen LogP contribution in [0.2, 0.25) is 0 Å². The summed E-state index contributed by atoms with van der Waals surface area (Å²) in [5.74, 6) is 0. The van der Waals surface area contributed by atoms with Gasteiger partial charge < -0.3 is 0 Å². The minimum absolute atomic E-state index is 0.998. The van der Waals surface area contributed by atoms with Crippen LogP contribution in [0.25, 0.3) is 33.3 Å². The van der Waals surface area contributed by atoms with E-state index in [1.807, 2.05) is 24.4 Å². The lowest BCUT2D eigenvalue weighted by molar-refractivity contribution is 1.32. The monoisotopic (exact) mass is 296 g/mol. The van der Waals surface area contributed by atoms with E-state index in [9.17, 15) is 0 Å². The standard InChI is InChI=1S/C21H16N2/c1-15-11-18(17-6-4-10-22-14-17)13-19(12-15)21-9-8-16-5-2-3-7-20(16)23-21/h2-14H,1H3. The molecule has 0 aliphatic heterocycles. The number of fused-ring (bicyclic) bond motifs is 1. The van der Waals surface area contributed by atoms with Gasteiger partial charge in [0, 0.05) is 28.9 Å². The summed E-state index contributed by atoms with van der Waals surface area (Å²) in [7, 11) is 0. The van der Waals surface area contributed by atoms with Gasteiger partial charge in [-0.25, -0.2) is 4.98 Å². The SMILES string of the molecule is Cc1cc(-c2cccnc2)cc(-c2ccc3ccccc3n2)c1. The fourth-order valence-corrected chi connectivity index (χ4v) is 2.86. The molecule has 2 heteroatoms. The molecule has 0 aliphatic carbocycles. The summed E-state index contributed by atoms with van der Waals surface area (Å²) in [6, 6.07) is 23.0. The summed E-state index contributed by atoms with van der Waals surface area (Å²) in [5, 5.41) is 1.16. The van der Waals surface area contributed by atoms with Crippen LogP contribution in [0, 0.1) is 6.92 Å². The Morgan fingerprint density at radius 2 is 1.61 bits per heavy atom. The lowest BCUT2D eigenvalue weighted by Crippen LogP contribution is -1.88. The Morgan fingerprint density at radius 3 is 2.48 bits per heavy atom. The molecule has 4 aromatic rings. The average molecular weight is 296 g/mol. The van der Waals surface area contributed by atoms with Crippen LogP contribution < -0.4 is 0 Å². The Labute approximate surface area is 135 Å². The quantitative estimate of drug-likeness (QED) is 0.503. The number of aryl methyl sites for hydroxylation is 1. The third-order valence-corrected chi connectivity index (χ3v) is 3.97. The van der Waals surface area contributed by atoms with E-state index >= 15 is 0 Å². The van der Waals surface area contributed by atoms with E-state index < -0.39 is 0 Å². The van der Waals surface area contributed by atoms with Gasteiger partial charge in [0.15, 0.2) is 0 Å². The molecule has 23 heavy (non-hydrogen) atoms. The minimum Gasteiger partial charge on any atom is -0.264 e. The van der Waals surface area contributed by atoms with Crippen molar-refractivity contribution in [2.75, 3.05) is 0 Å². The molecule has 0 amide bonds. The van der Waals surface area contributed by atoms with E-state index in [0.29, 0.717) is 0 Å². The number of pyridine rings is 2. The van der Waals surface area contributed by atoms with Crippen LogP contribution in [0.15, 0.2) is 79.1 Å². The first-order valence-electron chi connectivity index (χ1n) is 7.68. The van der Waals surface area contributed by atoms with Crippen LogP contribution in [0.5, 0.6) is 0 Å². The van der Waals surface area contributed by atoms with Gasteiger partial charge >= 0.3 is 0 Å². The molecule has 0 aliphatic rings. The zero-order chi connectivity index (χ0) is 15.6. The zero-order valence-electron chi connectivity index (χ0n) is 12.9. The number of benzene rings is 2. The maximum absolute atomic E-state index is 4.81. The molecular formula is C21H16N2. The molecule has 0 radical (unpaired) electrons. The highest BCUT2D eigenvalue weighted by Crippen LogP contribution is 2.28. The Hall–Kier alpha value is -3.00. The van der Waals surface area contributed by atoms with Crippen molar-refractivity contribution in [1.82, 2.24) is 9.97 Å². The number of rotatable bonds is 2. The summed E-state index contributed by atoms with van der Waals surface area (Å²) in [6.07, 6.45) is 3.69. The van der Waals surface area contributed by atoms with Gasteiger partial charge in [0.25, 0.3) is 0 Å². The van der Waals surface area contributed by atoms with Crippen molar-refractivity contribution < 1.29 is 0 Å². The van der Waals surface area contributed by atoms with E-state index in [1.165, 1.54) is 11.1 Å². The van der Waals surface area contributed by atoms with Crippen molar-refractivity contribution in [3.63, 3.8) is 0 Å². The van der Waals surface area contributed by atoms with Gasteiger partial charge in [0.05, 0.1) is 11.2 Å². The molecule has 2 aromatic carbocycles. The Bertz CT molecular complexity index is 975. The number of hydrogen-bond donors (Lipinski definition) is 0. The van der Waals surface area contributed by atoms with Gasteiger partial charge in [0.2, 0.25) is 0 Å². The number of para-hydroxylation sites is 1. The average Bonchev–Trinajstić information content (AvgIpc) is 2.61. The fourth-order valence-electron chi connectivity index (χ4n) is 2.86. The third kappa shape index (κ3) is 2.71. The molecule has 2 nitrogen and oxygen atoms in total. The van der Waals surface area contributed by atoms with Crippen LogP contribution in [0.3, 0.4) is 0 Å². The van der Waals surface area contributed by atoms with Crippen LogP contribution in [-0.4, -0.2) is 9.97 Å². The molecule has 0 fully saturated rings. The van der Waals surface area contributed by atoms with Gasteiger partial charge in [-0.2, -0.15) is 0 Å². The van der Waals surface area contributed by atoms with Crippen LogP contribution in [-0.2, 0) is 0 Å². The van der Waals surface area contributed by atoms with Crippen molar-refractivity contribution in [3.8, 4) is 22.4 Å². The minimum atomic E-state index is 0.998. The topological polar surface area (TPSA) is 25.8 Å². The van der Waals surface area contributed by atoms with E-state index in [-0.39, 0.29) is 0 Å². The molecular weight excluding hydrogens is 280 g/mol. The van der Waals surface area contributed by atoms with Crippen molar-refractivity contribution in [1.29, 1.82) is 0 Å². The van der Waals surface area contributed by atoms with Crippen molar-refractivity contribution in [3.05, 3.63) is 84.7 Å². The van der Waals surface area contributed by atoms with Crippen LogP contribution in [0.4, 0.5) is 0 Å². The van der Waals surface area contributed by atoms with E-state index in [4.69, 9.17) is 4.98 Å². The predicted molar refractivity (Wildman–Crippen MR) is 95.1 cm³/mol. The maximum Gasteiger partial charge on any atom is 0.0710 e. The van der Waals surface area contributed by atoms with Crippen LogP contribution >= 0.6 is 0 Å². The molecule has 0 spiro atoms. The highest BCUT2D eigenvalue weighted by Gasteiger charge is 2.06. The lowest BCUT2D eigenvalue weighted by atomic mass is 9.99. The van der Waals surface area contributed by atoms with Gasteiger partial charge in [-0.05, 0) is 48.4 Å². The number of aromatic nitrogens is 2. The highest BCUT2D eigenvalue weighted by atomic mass is 14.7. The molecule has 0 saturated heterocycles. The highest BCUT2D eigenvalue weighted by molar-refractivity contribution is 5.82. The summed E-state index contributed by atoms with van der Waals surface area (Å²) in [6.45, 7) is 2.12. The molecule has 0 bridgehead atoms. The molecule has 0 saturated carbocycles. The maximum atomic E-state index is 4.81. The number of hydrogen-bond acceptors (Lipinski definition) is 2. The first-order valence-corrected chi connectivity index (χ1v) is 7.68. The Morgan fingerprint density at radius 1 is 0.739 bits per heavy atom. The summed E-state index contributed by atoms with van der Waals surface area (Å²) < 4.78 is 0. The van der Waals surface area contributed by atoms with E-state index in [1.54, 1.807) is 6.20 Å². The smallest absolute Gasteiger partial charge is 0.0710 e. The van der Waals surface area contributed by atoms with Gasteiger partial charge in [0.1, 0.15) is 0 Å². The molecule has 2 aromatic heterocycles. The second-order valence-electron chi connectivity index (χ2n) is 5.72.